The van der Waals surface area contributed by atoms with Crippen LogP contribution in [0.15, 0.2) is 46.9 Å². The summed E-state index contributed by atoms with van der Waals surface area (Å²) in [5.41, 5.74) is 4.38. The first-order valence-electron chi connectivity index (χ1n) is 8.52. The van der Waals surface area contributed by atoms with Gasteiger partial charge in [-0.3, -0.25) is 9.59 Å². The van der Waals surface area contributed by atoms with Crippen LogP contribution in [0.1, 0.15) is 42.5 Å². The van der Waals surface area contributed by atoms with E-state index in [4.69, 9.17) is 0 Å². The van der Waals surface area contributed by atoms with Crippen molar-refractivity contribution in [3.8, 4) is 0 Å². The lowest BCUT2D eigenvalue weighted by molar-refractivity contribution is -0.136. The zero-order valence-electron chi connectivity index (χ0n) is 14.1. The number of benzene rings is 2. The topological polar surface area (TPSA) is 58.2 Å². The van der Waals surface area contributed by atoms with Crippen molar-refractivity contribution < 1.29 is 9.59 Å². The van der Waals surface area contributed by atoms with E-state index >= 15 is 0 Å². The van der Waals surface area contributed by atoms with Gasteiger partial charge in [0.25, 0.3) is 0 Å². The third-order valence-corrected chi connectivity index (χ3v) is 5.00. The minimum absolute atomic E-state index is 0.215. The van der Waals surface area contributed by atoms with E-state index in [1.807, 2.05) is 19.1 Å². The normalized spacial score (nSPS) is 14.3. The minimum Gasteiger partial charge on any atom is -0.341 e. The van der Waals surface area contributed by atoms with Crippen LogP contribution in [0.25, 0.3) is 0 Å². The van der Waals surface area contributed by atoms with Crippen LogP contribution < -0.4 is 10.6 Å². The van der Waals surface area contributed by atoms with Crippen molar-refractivity contribution in [2.24, 2.45) is 0 Å². The molecule has 0 radical (unpaired) electrons. The molecule has 3 rings (SSSR count). The standard InChI is InChI=1S/C20H21BrN2O2/c1-13(15-10-9-14-5-2-3-6-16(14)11-15)22-19(24)20(25)23-18-8-4-7-17(21)12-18/h4,7-13H,2-3,5-6H2,1H3,(H,22,24)(H,23,25). The molecule has 1 aliphatic carbocycles. The second-order valence-corrected chi connectivity index (χ2v) is 7.31. The van der Waals surface area contributed by atoms with Crippen LogP contribution in [0.3, 0.4) is 0 Å². The monoisotopic (exact) mass is 400 g/mol. The molecular weight excluding hydrogens is 380 g/mol. The minimum atomic E-state index is -0.664. The molecule has 4 nitrogen and oxygen atoms in total. The fraction of sp³-hybridized carbons (Fsp3) is 0.300. The molecule has 1 unspecified atom stereocenters. The second kappa shape index (κ2) is 7.83. The van der Waals surface area contributed by atoms with Gasteiger partial charge in [-0.25, -0.2) is 0 Å². The van der Waals surface area contributed by atoms with Crippen molar-refractivity contribution in [1.82, 2.24) is 5.32 Å². The number of aryl methyl sites for hydroxylation is 2. The van der Waals surface area contributed by atoms with Crippen LogP contribution in [-0.2, 0) is 22.4 Å². The molecule has 0 heterocycles. The number of halogens is 1. The molecular formula is C20H21BrN2O2. The highest BCUT2D eigenvalue weighted by atomic mass is 79.9. The Hall–Kier alpha value is -2.14. The zero-order chi connectivity index (χ0) is 17.8. The summed E-state index contributed by atoms with van der Waals surface area (Å²) in [5, 5.41) is 5.38. The van der Waals surface area contributed by atoms with Crippen molar-refractivity contribution in [2.45, 2.75) is 38.6 Å². The molecule has 0 aliphatic heterocycles. The van der Waals surface area contributed by atoms with Crippen molar-refractivity contribution in [1.29, 1.82) is 0 Å². The first kappa shape index (κ1) is 17.7. The highest BCUT2D eigenvalue weighted by Crippen LogP contribution is 2.24. The van der Waals surface area contributed by atoms with Crippen LogP contribution >= 0.6 is 15.9 Å². The van der Waals surface area contributed by atoms with Crippen molar-refractivity contribution in [3.63, 3.8) is 0 Å². The lowest BCUT2D eigenvalue weighted by Gasteiger charge is -2.20. The van der Waals surface area contributed by atoms with Crippen molar-refractivity contribution >= 4 is 33.4 Å². The highest BCUT2D eigenvalue weighted by molar-refractivity contribution is 9.10. The highest BCUT2D eigenvalue weighted by Gasteiger charge is 2.18. The van der Waals surface area contributed by atoms with Gasteiger partial charge >= 0.3 is 11.8 Å². The third-order valence-electron chi connectivity index (χ3n) is 4.51. The number of fused-ring (bicyclic) bond motifs is 1. The molecule has 0 aromatic heterocycles. The lowest BCUT2D eigenvalue weighted by atomic mass is 9.89. The maximum atomic E-state index is 12.2. The van der Waals surface area contributed by atoms with Crippen LogP contribution in [0.4, 0.5) is 5.69 Å². The number of amides is 2. The van der Waals surface area contributed by atoms with E-state index in [2.05, 4.69) is 38.7 Å². The average Bonchev–Trinajstić information content (AvgIpc) is 2.61. The Morgan fingerprint density at radius 2 is 1.76 bits per heavy atom. The van der Waals surface area contributed by atoms with Crippen LogP contribution in [0.5, 0.6) is 0 Å². The molecule has 5 heteroatoms. The molecule has 0 spiro atoms. The van der Waals surface area contributed by atoms with E-state index in [0.717, 1.165) is 22.9 Å². The van der Waals surface area contributed by atoms with Gasteiger partial charge in [-0.2, -0.15) is 0 Å². The molecule has 1 atom stereocenters. The summed E-state index contributed by atoms with van der Waals surface area (Å²) in [4.78, 5) is 24.3. The third kappa shape index (κ3) is 4.48. The molecule has 130 valence electrons. The van der Waals surface area contributed by atoms with E-state index in [1.54, 1.807) is 18.2 Å². The van der Waals surface area contributed by atoms with Crippen LogP contribution in [0, 0.1) is 0 Å². The summed E-state index contributed by atoms with van der Waals surface area (Å²) in [6.45, 7) is 1.90. The predicted octanol–water partition coefficient (Wildman–Crippen LogP) is 4.14. The summed E-state index contributed by atoms with van der Waals surface area (Å²) in [6.07, 6.45) is 4.68. The van der Waals surface area contributed by atoms with Gasteiger partial charge < -0.3 is 10.6 Å². The van der Waals surface area contributed by atoms with Gasteiger partial charge in [0.1, 0.15) is 0 Å². The number of anilines is 1. The molecule has 0 saturated carbocycles. The van der Waals surface area contributed by atoms with E-state index in [0.29, 0.717) is 5.69 Å². The molecule has 0 saturated heterocycles. The maximum Gasteiger partial charge on any atom is 0.313 e. The summed E-state index contributed by atoms with van der Waals surface area (Å²) in [6, 6.07) is 13.3. The Balaban J connectivity index is 1.62. The number of hydrogen-bond acceptors (Lipinski definition) is 2. The Morgan fingerprint density at radius 3 is 2.52 bits per heavy atom. The number of rotatable bonds is 3. The van der Waals surface area contributed by atoms with Gasteiger partial charge in [-0.05, 0) is 67.5 Å². The molecule has 0 bridgehead atoms. The summed E-state index contributed by atoms with van der Waals surface area (Å²) in [5.74, 6) is -1.30. The Kier molecular flexibility index (Phi) is 5.53. The molecule has 2 aromatic carbocycles. The van der Waals surface area contributed by atoms with Gasteiger partial charge in [-0.1, -0.05) is 40.2 Å². The quantitative estimate of drug-likeness (QED) is 0.760. The first-order valence-corrected chi connectivity index (χ1v) is 9.31. The van der Waals surface area contributed by atoms with Gasteiger partial charge in [-0.15, -0.1) is 0 Å². The average molecular weight is 401 g/mol. The maximum absolute atomic E-state index is 12.2. The van der Waals surface area contributed by atoms with E-state index in [9.17, 15) is 9.59 Å². The largest absolute Gasteiger partial charge is 0.341 e. The number of carbonyl (C=O) groups excluding carboxylic acids is 2. The smallest absolute Gasteiger partial charge is 0.313 e. The lowest BCUT2D eigenvalue weighted by Crippen LogP contribution is -2.37. The van der Waals surface area contributed by atoms with E-state index < -0.39 is 11.8 Å². The zero-order valence-corrected chi connectivity index (χ0v) is 15.7. The summed E-state index contributed by atoms with van der Waals surface area (Å²) in [7, 11) is 0. The summed E-state index contributed by atoms with van der Waals surface area (Å²) < 4.78 is 0.841. The number of carbonyl (C=O) groups is 2. The van der Waals surface area contributed by atoms with Gasteiger partial charge in [0.2, 0.25) is 0 Å². The van der Waals surface area contributed by atoms with E-state index in [1.165, 1.54) is 24.0 Å². The van der Waals surface area contributed by atoms with Gasteiger partial charge in [0, 0.05) is 10.2 Å². The van der Waals surface area contributed by atoms with Crippen LogP contribution in [0.2, 0.25) is 0 Å². The fourth-order valence-corrected chi connectivity index (χ4v) is 3.52. The molecule has 25 heavy (non-hydrogen) atoms. The SMILES string of the molecule is CC(NC(=O)C(=O)Nc1cccc(Br)c1)c1ccc2c(c1)CCCC2. The second-order valence-electron chi connectivity index (χ2n) is 6.39. The van der Waals surface area contributed by atoms with Gasteiger partial charge in [0.15, 0.2) is 0 Å². The molecule has 1 aliphatic rings. The number of hydrogen-bond donors (Lipinski definition) is 2. The Morgan fingerprint density at radius 1 is 1.00 bits per heavy atom. The Bertz CT molecular complexity index is 804. The molecule has 2 aromatic rings. The first-order chi connectivity index (χ1) is 12.0. The fourth-order valence-electron chi connectivity index (χ4n) is 3.12. The predicted molar refractivity (Wildman–Crippen MR) is 102 cm³/mol. The van der Waals surface area contributed by atoms with Crippen molar-refractivity contribution in [2.75, 3.05) is 5.32 Å². The summed E-state index contributed by atoms with van der Waals surface area (Å²) >= 11 is 3.34. The molecule has 2 amide bonds. The number of nitrogens with one attached hydrogen (secondary N) is 2. The van der Waals surface area contributed by atoms with Gasteiger partial charge in [0.05, 0.1) is 6.04 Å². The Labute approximate surface area is 156 Å². The molecule has 2 N–H and O–H groups in total. The van der Waals surface area contributed by atoms with Crippen molar-refractivity contribution in [3.05, 3.63) is 63.6 Å². The van der Waals surface area contributed by atoms with Crippen LogP contribution in [-0.4, -0.2) is 11.8 Å². The van der Waals surface area contributed by atoms with E-state index in [-0.39, 0.29) is 6.04 Å². The molecule has 0 fully saturated rings.